The highest BCUT2D eigenvalue weighted by Crippen LogP contribution is 2.45. The predicted molar refractivity (Wildman–Crippen MR) is 156 cm³/mol. The van der Waals surface area contributed by atoms with E-state index in [0.717, 1.165) is 10.4 Å². The van der Waals surface area contributed by atoms with Gasteiger partial charge in [0.25, 0.3) is 5.91 Å². The molecular formula is C28H38N4O7S2. The van der Waals surface area contributed by atoms with Crippen LogP contribution < -0.4 is 10.6 Å². The molecule has 4 rings (SSSR count). The third-order valence-corrected chi connectivity index (χ3v) is 10.5. The van der Waals surface area contributed by atoms with Crippen LogP contribution in [0.4, 0.5) is 9.80 Å². The Labute approximate surface area is 245 Å². The van der Waals surface area contributed by atoms with E-state index in [1.165, 1.54) is 44.8 Å². The van der Waals surface area contributed by atoms with Crippen molar-refractivity contribution in [3.05, 3.63) is 45.8 Å². The topological polar surface area (TPSA) is 134 Å². The Bertz CT molecular complexity index is 1420. The Kier molecular flexibility index (Phi) is 8.84. The zero-order valence-electron chi connectivity index (χ0n) is 24.3. The second kappa shape index (κ2) is 11.7. The first kappa shape index (κ1) is 30.9. The van der Waals surface area contributed by atoms with Crippen LogP contribution in [-0.2, 0) is 31.5 Å². The maximum absolute atomic E-state index is 13.3. The number of nitrogens with one attached hydrogen (secondary N) is 2. The van der Waals surface area contributed by atoms with E-state index < -0.39 is 33.5 Å². The van der Waals surface area contributed by atoms with Gasteiger partial charge in [0.2, 0.25) is 10.0 Å². The molecule has 41 heavy (non-hydrogen) atoms. The van der Waals surface area contributed by atoms with E-state index in [0.29, 0.717) is 17.0 Å². The van der Waals surface area contributed by atoms with Gasteiger partial charge in [-0.15, -0.1) is 11.3 Å². The van der Waals surface area contributed by atoms with Gasteiger partial charge in [0.05, 0.1) is 23.7 Å². The minimum atomic E-state index is -3.82. The van der Waals surface area contributed by atoms with Crippen molar-refractivity contribution < 1.29 is 32.3 Å². The van der Waals surface area contributed by atoms with Crippen molar-refractivity contribution in [1.82, 2.24) is 14.5 Å². The lowest BCUT2D eigenvalue weighted by Crippen LogP contribution is -2.55. The lowest BCUT2D eigenvalue weighted by Gasteiger charge is -2.42. The average Bonchev–Trinajstić information content (AvgIpc) is 3.26. The second-order valence-electron chi connectivity index (χ2n) is 11.2. The number of rotatable bonds is 7. The largest absolute Gasteiger partial charge is 0.462 e. The van der Waals surface area contributed by atoms with Gasteiger partial charge in [0, 0.05) is 47.7 Å². The number of hydrogen-bond donors (Lipinski definition) is 2. The summed E-state index contributed by atoms with van der Waals surface area (Å²) in [4.78, 5) is 40.8. The molecule has 2 N–H and O–H groups in total. The number of ether oxygens (including phenoxy) is 2. The minimum Gasteiger partial charge on any atom is -0.462 e. The van der Waals surface area contributed by atoms with Crippen LogP contribution in [0.3, 0.4) is 0 Å². The molecule has 0 radical (unpaired) electrons. The zero-order valence-corrected chi connectivity index (χ0v) is 26.0. The maximum Gasteiger partial charge on any atom is 0.409 e. The number of amides is 2. The lowest BCUT2D eigenvalue weighted by atomic mass is 9.81. The number of carbonyl (C=O) groups excluding carboxylic acids is 3. The minimum absolute atomic E-state index is 0.0486. The van der Waals surface area contributed by atoms with E-state index in [1.54, 1.807) is 13.8 Å². The van der Waals surface area contributed by atoms with E-state index in [4.69, 9.17) is 9.47 Å². The van der Waals surface area contributed by atoms with E-state index in [-0.39, 0.29) is 55.4 Å². The molecule has 0 unspecified atom stereocenters. The molecule has 0 aliphatic carbocycles. The van der Waals surface area contributed by atoms with Gasteiger partial charge in [0.1, 0.15) is 5.00 Å². The Balaban J connectivity index is 1.53. The maximum atomic E-state index is 13.3. The van der Waals surface area contributed by atoms with E-state index >= 15 is 0 Å². The normalized spacial score (nSPS) is 18.3. The number of carbonyl (C=O) groups is 3. The number of hydrogen-bond acceptors (Lipinski definition) is 9. The Hall–Kier alpha value is -3.00. The highest BCUT2D eigenvalue weighted by atomic mass is 32.2. The van der Waals surface area contributed by atoms with Crippen LogP contribution in [0.2, 0.25) is 0 Å². The fourth-order valence-electron chi connectivity index (χ4n) is 5.46. The Morgan fingerprint density at radius 3 is 2.17 bits per heavy atom. The van der Waals surface area contributed by atoms with Crippen molar-refractivity contribution in [3.8, 4) is 0 Å². The van der Waals surface area contributed by atoms with Gasteiger partial charge in [-0.2, -0.15) is 4.31 Å². The van der Waals surface area contributed by atoms with Gasteiger partial charge >= 0.3 is 12.1 Å². The first-order valence-corrected chi connectivity index (χ1v) is 15.9. The van der Waals surface area contributed by atoms with Gasteiger partial charge in [-0.25, -0.2) is 18.0 Å². The van der Waals surface area contributed by atoms with Crippen LogP contribution in [0.25, 0.3) is 0 Å². The number of nitrogens with zero attached hydrogens (tertiary/aromatic N) is 2. The van der Waals surface area contributed by atoms with Crippen LogP contribution in [-0.4, -0.2) is 80.5 Å². The third-order valence-electron chi connectivity index (χ3n) is 7.07. The quantitative estimate of drug-likeness (QED) is 0.455. The highest BCUT2D eigenvalue weighted by molar-refractivity contribution is 7.89. The van der Waals surface area contributed by atoms with E-state index in [9.17, 15) is 22.8 Å². The molecule has 2 aliphatic rings. The molecule has 1 aromatic carbocycles. The second-order valence-corrected chi connectivity index (χ2v) is 14.2. The molecule has 1 aromatic heterocycles. The number of anilines is 1. The lowest BCUT2D eigenvalue weighted by molar-refractivity contribution is 0.0525. The van der Waals surface area contributed by atoms with Gasteiger partial charge in [0.15, 0.2) is 0 Å². The molecule has 0 bridgehead atoms. The van der Waals surface area contributed by atoms with Crippen molar-refractivity contribution >= 4 is 44.3 Å². The van der Waals surface area contributed by atoms with Crippen LogP contribution in [0.15, 0.2) is 29.2 Å². The number of esters is 1. The first-order valence-electron chi connectivity index (χ1n) is 13.7. The summed E-state index contributed by atoms with van der Waals surface area (Å²) in [5, 5.41) is 6.89. The summed E-state index contributed by atoms with van der Waals surface area (Å²) >= 11 is 1.34. The third kappa shape index (κ3) is 6.42. The fraction of sp³-hybridized carbons (Fsp3) is 0.536. The smallest absolute Gasteiger partial charge is 0.409 e. The van der Waals surface area contributed by atoms with E-state index in [1.807, 2.05) is 13.8 Å². The molecule has 0 spiro atoms. The van der Waals surface area contributed by atoms with Crippen molar-refractivity contribution in [2.75, 3.05) is 44.7 Å². The molecule has 224 valence electrons. The summed E-state index contributed by atoms with van der Waals surface area (Å²) in [6.07, 6.45) is 0.133. The van der Waals surface area contributed by atoms with Gasteiger partial charge in [-0.3, -0.25) is 4.79 Å². The molecule has 11 nitrogen and oxygen atoms in total. The van der Waals surface area contributed by atoms with Crippen LogP contribution in [0.1, 0.15) is 72.7 Å². The number of fused-ring (bicyclic) bond motifs is 1. The Morgan fingerprint density at radius 2 is 1.59 bits per heavy atom. The van der Waals surface area contributed by atoms with Gasteiger partial charge in [-0.05, 0) is 77.8 Å². The highest BCUT2D eigenvalue weighted by Gasteiger charge is 2.42. The predicted octanol–water partition coefficient (Wildman–Crippen LogP) is 3.80. The SMILES string of the molecule is CCOC(=O)c1c(NC(=O)c2ccc(S(=O)(=O)N3CCN(C(=O)OCC)CC3)cc2)sc2c1CC(C)(C)NC2(C)C. The summed E-state index contributed by atoms with van der Waals surface area (Å²) in [6, 6.07) is 5.68. The molecule has 2 aliphatic heterocycles. The van der Waals surface area contributed by atoms with Crippen molar-refractivity contribution in [3.63, 3.8) is 0 Å². The van der Waals surface area contributed by atoms with Crippen LogP contribution >= 0.6 is 11.3 Å². The molecule has 13 heteroatoms. The number of sulfonamides is 1. The monoisotopic (exact) mass is 606 g/mol. The fourth-order valence-corrected chi connectivity index (χ4v) is 8.15. The van der Waals surface area contributed by atoms with Gasteiger partial charge < -0.3 is 25.0 Å². The zero-order chi connectivity index (χ0) is 30.2. The molecule has 2 aromatic rings. The van der Waals surface area contributed by atoms with Crippen molar-refractivity contribution in [2.24, 2.45) is 0 Å². The standard InChI is InChI=1S/C28H38N4O7S2/c1-7-38-25(34)21-20-17-27(3,4)30-28(5,6)22(20)40-24(21)29-23(33)18-9-11-19(12-10-18)41(36,37)32-15-13-31(14-16-32)26(35)39-8-2/h9-12,30H,7-8,13-17H2,1-6H3,(H,29,33). The molecular weight excluding hydrogens is 568 g/mol. The van der Waals surface area contributed by atoms with Gasteiger partial charge in [-0.1, -0.05) is 0 Å². The Morgan fingerprint density at radius 1 is 0.976 bits per heavy atom. The van der Waals surface area contributed by atoms with Crippen LogP contribution in [0, 0.1) is 0 Å². The number of thiophene rings is 1. The van der Waals surface area contributed by atoms with Crippen molar-refractivity contribution in [1.29, 1.82) is 0 Å². The molecule has 1 saturated heterocycles. The molecule has 0 atom stereocenters. The summed E-state index contributed by atoms with van der Waals surface area (Å²) in [5.41, 5.74) is 0.775. The molecule has 3 heterocycles. The first-order chi connectivity index (χ1) is 19.2. The summed E-state index contributed by atoms with van der Waals surface area (Å²) in [5.74, 6) is -0.954. The van der Waals surface area contributed by atoms with Crippen molar-refractivity contribution in [2.45, 2.75) is 63.9 Å². The van der Waals surface area contributed by atoms with E-state index in [2.05, 4.69) is 24.5 Å². The number of benzene rings is 1. The number of piperazine rings is 1. The molecule has 2 amide bonds. The molecule has 0 saturated carbocycles. The summed E-state index contributed by atoms with van der Waals surface area (Å²) in [7, 11) is -3.82. The molecule has 1 fully saturated rings. The summed E-state index contributed by atoms with van der Waals surface area (Å²) in [6.45, 7) is 12.9. The van der Waals surface area contributed by atoms with Crippen LogP contribution in [0.5, 0.6) is 0 Å². The summed E-state index contributed by atoms with van der Waals surface area (Å²) < 4.78 is 38.1. The average molecular weight is 607 g/mol.